The van der Waals surface area contributed by atoms with Crippen LogP contribution < -0.4 is 5.32 Å². The zero-order valence-corrected chi connectivity index (χ0v) is 10.9. The highest BCUT2D eigenvalue weighted by Gasteiger charge is 2.18. The van der Waals surface area contributed by atoms with E-state index in [0.717, 1.165) is 12.0 Å². The lowest BCUT2D eigenvalue weighted by atomic mass is 10.00. The van der Waals surface area contributed by atoms with Gasteiger partial charge >= 0.3 is 0 Å². The Bertz CT molecular complexity index is 179. The Hall–Kier alpha value is -0.0800. The van der Waals surface area contributed by atoms with Gasteiger partial charge in [-0.25, -0.2) is 0 Å². The maximum atomic E-state index is 3.60. The van der Waals surface area contributed by atoms with Gasteiger partial charge in [-0.3, -0.25) is 0 Å². The average Bonchev–Trinajstić information content (AvgIpc) is 2.62. The van der Waals surface area contributed by atoms with Crippen molar-refractivity contribution >= 4 is 0 Å². The van der Waals surface area contributed by atoms with Crippen LogP contribution in [0.4, 0.5) is 0 Å². The van der Waals surface area contributed by atoms with E-state index in [1.54, 1.807) is 0 Å². The molecule has 2 nitrogen and oxygen atoms in total. The molecule has 1 aliphatic heterocycles. The van der Waals surface area contributed by atoms with Gasteiger partial charge in [-0.2, -0.15) is 0 Å². The van der Waals surface area contributed by atoms with Crippen molar-refractivity contribution < 1.29 is 0 Å². The maximum absolute atomic E-state index is 3.60. The van der Waals surface area contributed by atoms with Crippen molar-refractivity contribution in [1.82, 2.24) is 10.2 Å². The number of nitrogens with zero attached hydrogens (tertiary/aromatic N) is 1. The highest BCUT2D eigenvalue weighted by atomic mass is 15.1. The highest BCUT2D eigenvalue weighted by molar-refractivity contribution is 4.78. The molecule has 1 aliphatic carbocycles. The van der Waals surface area contributed by atoms with Gasteiger partial charge in [-0.15, -0.1) is 0 Å². The van der Waals surface area contributed by atoms with Gasteiger partial charge < -0.3 is 10.2 Å². The SMILES string of the molecule is CN(CC1CCCCCC1)CC1CCCN1. The third kappa shape index (κ3) is 4.06. The Kier molecular flexibility index (Phi) is 5.11. The molecular weight excluding hydrogens is 196 g/mol. The third-order valence-electron chi connectivity index (χ3n) is 4.24. The Morgan fingerprint density at radius 2 is 1.69 bits per heavy atom. The van der Waals surface area contributed by atoms with Gasteiger partial charge in [0, 0.05) is 19.1 Å². The van der Waals surface area contributed by atoms with Gasteiger partial charge in [0.25, 0.3) is 0 Å². The van der Waals surface area contributed by atoms with Crippen molar-refractivity contribution in [1.29, 1.82) is 0 Å². The van der Waals surface area contributed by atoms with Crippen LogP contribution in [0.1, 0.15) is 51.4 Å². The molecule has 1 N–H and O–H groups in total. The molecule has 16 heavy (non-hydrogen) atoms. The normalized spacial score (nSPS) is 28.5. The number of rotatable bonds is 4. The van der Waals surface area contributed by atoms with Crippen molar-refractivity contribution in [3.63, 3.8) is 0 Å². The summed E-state index contributed by atoms with van der Waals surface area (Å²) in [4.78, 5) is 2.57. The maximum Gasteiger partial charge on any atom is 0.0195 e. The minimum atomic E-state index is 0.774. The van der Waals surface area contributed by atoms with Gasteiger partial charge in [-0.05, 0) is 45.2 Å². The van der Waals surface area contributed by atoms with Crippen molar-refractivity contribution in [2.45, 2.75) is 57.4 Å². The number of nitrogens with one attached hydrogen (secondary N) is 1. The van der Waals surface area contributed by atoms with E-state index in [-0.39, 0.29) is 0 Å². The van der Waals surface area contributed by atoms with Crippen LogP contribution in [-0.4, -0.2) is 37.6 Å². The molecule has 2 fully saturated rings. The fourth-order valence-corrected chi connectivity index (χ4v) is 3.35. The second-order valence-corrected chi connectivity index (χ2v) is 5.87. The molecule has 1 saturated heterocycles. The first-order chi connectivity index (χ1) is 7.84. The molecule has 0 radical (unpaired) electrons. The minimum absolute atomic E-state index is 0.774. The summed E-state index contributed by atoms with van der Waals surface area (Å²) in [7, 11) is 2.31. The highest BCUT2D eigenvalue weighted by Crippen LogP contribution is 2.23. The lowest BCUT2D eigenvalue weighted by Gasteiger charge is -2.25. The fourth-order valence-electron chi connectivity index (χ4n) is 3.35. The molecule has 2 rings (SSSR count). The van der Waals surface area contributed by atoms with Crippen molar-refractivity contribution in [2.75, 3.05) is 26.7 Å². The topological polar surface area (TPSA) is 15.3 Å². The van der Waals surface area contributed by atoms with Crippen LogP contribution in [0.15, 0.2) is 0 Å². The first-order valence-corrected chi connectivity index (χ1v) is 7.26. The summed E-state index contributed by atoms with van der Waals surface area (Å²) in [6.45, 7) is 3.83. The summed E-state index contributed by atoms with van der Waals surface area (Å²) in [5, 5.41) is 3.60. The number of hydrogen-bond donors (Lipinski definition) is 1. The summed E-state index contributed by atoms with van der Waals surface area (Å²) in [6, 6.07) is 0.774. The van der Waals surface area contributed by atoms with Crippen LogP contribution in [0.5, 0.6) is 0 Å². The van der Waals surface area contributed by atoms with Gasteiger partial charge in [0.05, 0.1) is 0 Å². The second-order valence-electron chi connectivity index (χ2n) is 5.87. The van der Waals surface area contributed by atoms with Crippen LogP contribution in [-0.2, 0) is 0 Å². The van der Waals surface area contributed by atoms with Crippen molar-refractivity contribution in [2.24, 2.45) is 5.92 Å². The monoisotopic (exact) mass is 224 g/mol. The summed E-state index contributed by atoms with van der Waals surface area (Å²) in [6.07, 6.45) is 11.6. The molecular formula is C14H28N2. The number of likely N-dealkylation sites (N-methyl/N-ethyl adjacent to an activating group) is 1. The predicted molar refractivity (Wildman–Crippen MR) is 69.7 cm³/mol. The first kappa shape index (κ1) is 12.4. The molecule has 2 aliphatic rings. The first-order valence-electron chi connectivity index (χ1n) is 7.26. The molecule has 0 aromatic rings. The summed E-state index contributed by atoms with van der Waals surface area (Å²) < 4.78 is 0. The zero-order chi connectivity index (χ0) is 11.2. The third-order valence-corrected chi connectivity index (χ3v) is 4.24. The van der Waals surface area contributed by atoms with Gasteiger partial charge in [0.1, 0.15) is 0 Å². The molecule has 0 bridgehead atoms. The van der Waals surface area contributed by atoms with Crippen molar-refractivity contribution in [3.05, 3.63) is 0 Å². The van der Waals surface area contributed by atoms with Gasteiger partial charge in [0.15, 0.2) is 0 Å². The molecule has 1 saturated carbocycles. The predicted octanol–water partition coefficient (Wildman–Crippen LogP) is 2.64. The van der Waals surface area contributed by atoms with Gasteiger partial charge in [-0.1, -0.05) is 25.7 Å². The lowest BCUT2D eigenvalue weighted by molar-refractivity contribution is 0.241. The molecule has 2 heteroatoms. The van der Waals surface area contributed by atoms with E-state index in [9.17, 15) is 0 Å². The quantitative estimate of drug-likeness (QED) is 0.739. The Morgan fingerprint density at radius 3 is 2.31 bits per heavy atom. The van der Waals surface area contributed by atoms with Crippen LogP contribution in [0.3, 0.4) is 0 Å². The fraction of sp³-hybridized carbons (Fsp3) is 1.00. The van der Waals surface area contributed by atoms with E-state index in [0.29, 0.717) is 0 Å². The molecule has 94 valence electrons. The summed E-state index contributed by atoms with van der Waals surface area (Å²) >= 11 is 0. The smallest absolute Gasteiger partial charge is 0.0195 e. The van der Waals surface area contributed by atoms with E-state index in [4.69, 9.17) is 0 Å². The molecule has 1 atom stereocenters. The van der Waals surface area contributed by atoms with Crippen LogP contribution >= 0.6 is 0 Å². The van der Waals surface area contributed by atoms with Crippen LogP contribution in [0.2, 0.25) is 0 Å². The number of hydrogen-bond acceptors (Lipinski definition) is 2. The summed E-state index contributed by atoms with van der Waals surface area (Å²) in [5.41, 5.74) is 0. The zero-order valence-electron chi connectivity index (χ0n) is 10.9. The lowest BCUT2D eigenvalue weighted by Crippen LogP contribution is -2.37. The summed E-state index contributed by atoms with van der Waals surface area (Å²) in [5.74, 6) is 0.980. The van der Waals surface area contributed by atoms with E-state index >= 15 is 0 Å². The van der Waals surface area contributed by atoms with E-state index in [2.05, 4.69) is 17.3 Å². The molecule has 1 unspecified atom stereocenters. The second kappa shape index (κ2) is 6.61. The van der Waals surface area contributed by atoms with Crippen molar-refractivity contribution in [3.8, 4) is 0 Å². The molecule has 0 aromatic carbocycles. The largest absolute Gasteiger partial charge is 0.313 e. The van der Waals surface area contributed by atoms with E-state index in [1.807, 2.05) is 0 Å². The Morgan fingerprint density at radius 1 is 0.938 bits per heavy atom. The van der Waals surface area contributed by atoms with E-state index in [1.165, 1.54) is 71.0 Å². The minimum Gasteiger partial charge on any atom is -0.313 e. The molecule has 1 heterocycles. The molecule has 0 amide bonds. The standard InChI is InChI=1S/C14H28N2/c1-16(12-14-9-6-10-15-14)11-13-7-4-2-3-5-8-13/h13-15H,2-12H2,1H3. The van der Waals surface area contributed by atoms with Crippen LogP contribution in [0.25, 0.3) is 0 Å². The average molecular weight is 224 g/mol. The van der Waals surface area contributed by atoms with Crippen LogP contribution in [0, 0.1) is 5.92 Å². The van der Waals surface area contributed by atoms with Gasteiger partial charge in [0.2, 0.25) is 0 Å². The Labute approximate surface area is 101 Å². The molecule has 0 aromatic heterocycles. The van der Waals surface area contributed by atoms with E-state index < -0.39 is 0 Å². The Balaban J connectivity index is 1.66. The molecule has 0 spiro atoms.